The van der Waals surface area contributed by atoms with Crippen molar-refractivity contribution in [2.45, 2.75) is 0 Å². The van der Waals surface area contributed by atoms with E-state index in [0.717, 1.165) is 0 Å². The second kappa shape index (κ2) is 4.24. The van der Waals surface area contributed by atoms with Crippen LogP contribution in [0.25, 0.3) is 0 Å². The minimum Gasteiger partial charge on any atom is -0.368 e. The molecule has 0 atom stereocenters. The van der Waals surface area contributed by atoms with Crippen LogP contribution in [0.2, 0.25) is 0 Å². The Bertz CT molecular complexity index is 156. The monoisotopic (exact) mass is 146 g/mol. The third-order valence-electron chi connectivity index (χ3n) is 0.570. The Morgan fingerprint density at radius 3 is 2.50 bits per heavy atom. The van der Waals surface area contributed by atoms with Crippen molar-refractivity contribution in [2.75, 3.05) is 6.54 Å². The van der Waals surface area contributed by atoms with E-state index in [1.165, 1.54) is 5.43 Å². The van der Waals surface area contributed by atoms with Gasteiger partial charge >= 0.3 is 6.03 Å². The summed E-state index contributed by atoms with van der Waals surface area (Å²) in [6.07, 6.45) is 0. The number of nitroso groups, excluding NO2 is 1. The van der Waals surface area contributed by atoms with Crippen LogP contribution in [0.3, 0.4) is 0 Å². The van der Waals surface area contributed by atoms with E-state index in [-0.39, 0.29) is 6.54 Å². The Labute approximate surface area is 55.9 Å². The number of carbonyl (C=O) groups excluding carboxylic acids is 2. The topological polar surface area (TPSA) is 114 Å². The molecule has 0 aromatic carbocycles. The quantitative estimate of drug-likeness (QED) is 0.331. The lowest BCUT2D eigenvalue weighted by atomic mass is 10.6. The zero-order valence-electron chi connectivity index (χ0n) is 4.96. The van der Waals surface area contributed by atoms with Crippen molar-refractivity contribution in [1.82, 2.24) is 10.7 Å². The second-order valence-corrected chi connectivity index (χ2v) is 1.35. The van der Waals surface area contributed by atoms with Gasteiger partial charge in [0.15, 0.2) is 0 Å². The van der Waals surface area contributed by atoms with Gasteiger partial charge in [0.25, 0.3) is 0 Å². The highest BCUT2D eigenvalue weighted by Crippen LogP contribution is 1.62. The molecule has 56 valence electrons. The number of nitrogens with two attached hydrogens (primary N) is 1. The third-order valence-corrected chi connectivity index (χ3v) is 0.570. The lowest BCUT2D eigenvalue weighted by molar-refractivity contribution is -0.117. The molecule has 0 aliphatic rings. The Morgan fingerprint density at radius 2 is 2.10 bits per heavy atom. The molecular weight excluding hydrogens is 140 g/mol. The second-order valence-electron chi connectivity index (χ2n) is 1.35. The van der Waals surface area contributed by atoms with Crippen LogP contribution in [-0.2, 0) is 4.79 Å². The molecule has 0 aliphatic heterocycles. The molecule has 0 unspecified atom stereocenters. The highest BCUT2D eigenvalue weighted by atomic mass is 16.3. The maximum Gasteiger partial charge on any atom is 0.338 e. The molecular formula is C3H6N4O3. The molecule has 0 aromatic heterocycles. The minimum atomic E-state index is -0.853. The van der Waals surface area contributed by atoms with Gasteiger partial charge in [-0.05, 0) is 0 Å². The van der Waals surface area contributed by atoms with E-state index in [1.54, 1.807) is 0 Å². The molecule has 10 heavy (non-hydrogen) atoms. The van der Waals surface area contributed by atoms with Gasteiger partial charge < -0.3 is 11.1 Å². The van der Waals surface area contributed by atoms with Crippen LogP contribution in [0, 0.1) is 4.91 Å². The molecule has 0 aromatic rings. The lowest BCUT2D eigenvalue weighted by Gasteiger charge is -1.96. The average molecular weight is 146 g/mol. The summed E-state index contributed by atoms with van der Waals surface area (Å²) < 4.78 is 0. The number of primary amides is 1. The van der Waals surface area contributed by atoms with Gasteiger partial charge in [-0.1, -0.05) is 0 Å². The maximum atomic E-state index is 10.2. The number of nitrogens with one attached hydrogen (secondary N) is 2. The largest absolute Gasteiger partial charge is 0.368 e. The van der Waals surface area contributed by atoms with Crippen molar-refractivity contribution in [1.29, 1.82) is 0 Å². The molecule has 0 rings (SSSR count). The molecule has 7 heteroatoms. The molecule has 0 radical (unpaired) electrons. The van der Waals surface area contributed by atoms with E-state index >= 15 is 0 Å². The van der Waals surface area contributed by atoms with Crippen LogP contribution >= 0.6 is 0 Å². The molecule has 0 bridgehead atoms. The summed E-state index contributed by atoms with van der Waals surface area (Å²) in [5.74, 6) is -0.693. The standard InChI is InChI=1S/C3H6N4O3/c4-2(8)1-5-3(9)6-7-10/h1H2,(H2,4,8)(H2,5,6,9,10). The van der Waals surface area contributed by atoms with Crippen molar-refractivity contribution < 1.29 is 9.59 Å². The van der Waals surface area contributed by atoms with Gasteiger partial charge in [-0.2, -0.15) is 5.43 Å². The third kappa shape index (κ3) is 4.50. The van der Waals surface area contributed by atoms with E-state index in [0.29, 0.717) is 0 Å². The first-order chi connectivity index (χ1) is 4.66. The van der Waals surface area contributed by atoms with Crippen LogP contribution in [0.1, 0.15) is 0 Å². The van der Waals surface area contributed by atoms with Crippen LogP contribution in [0.4, 0.5) is 4.79 Å². The average Bonchev–Trinajstić information content (AvgIpc) is 1.85. The van der Waals surface area contributed by atoms with Gasteiger partial charge in [-0.3, -0.25) is 4.79 Å². The van der Waals surface area contributed by atoms with E-state index in [4.69, 9.17) is 0 Å². The van der Waals surface area contributed by atoms with Crippen LogP contribution in [-0.4, -0.2) is 18.5 Å². The van der Waals surface area contributed by atoms with E-state index in [2.05, 4.69) is 5.73 Å². The van der Waals surface area contributed by atoms with Crippen molar-refractivity contribution in [3.8, 4) is 0 Å². The zero-order valence-corrected chi connectivity index (χ0v) is 4.96. The number of urea groups is 1. The number of nitrogens with zero attached hydrogens (tertiary/aromatic N) is 1. The van der Waals surface area contributed by atoms with Crippen LogP contribution in [0.15, 0.2) is 5.29 Å². The van der Waals surface area contributed by atoms with Crippen molar-refractivity contribution >= 4 is 11.9 Å². The van der Waals surface area contributed by atoms with Crippen LogP contribution in [0.5, 0.6) is 0 Å². The first kappa shape index (κ1) is 8.34. The van der Waals surface area contributed by atoms with E-state index < -0.39 is 11.9 Å². The van der Waals surface area contributed by atoms with Gasteiger partial charge in [0.1, 0.15) is 0 Å². The molecule has 0 spiro atoms. The first-order valence-electron chi connectivity index (χ1n) is 2.31. The summed E-state index contributed by atoms with van der Waals surface area (Å²) in [7, 11) is 0. The Hall–Kier alpha value is -1.66. The Kier molecular flexibility index (Phi) is 3.54. The Balaban J connectivity index is 3.39. The molecule has 0 saturated carbocycles. The smallest absolute Gasteiger partial charge is 0.338 e. The normalized spacial score (nSPS) is 8.00. The fraction of sp³-hybridized carbons (Fsp3) is 0.333. The first-order valence-corrected chi connectivity index (χ1v) is 2.31. The fourth-order valence-corrected chi connectivity index (χ4v) is 0.248. The molecule has 0 aliphatic carbocycles. The summed E-state index contributed by atoms with van der Waals surface area (Å²) in [5.41, 5.74) is 6.16. The summed E-state index contributed by atoms with van der Waals surface area (Å²) in [6, 6.07) is -0.853. The van der Waals surface area contributed by atoms with Gasteiger partial charge in [0.2, 0.25) is 5.91 Å². The maximum absolute atomic E-state index is 10.2. The Morgan fingerprint density at radius 1 is 1.50 bits per heavy atom. The summed E-state index contributed by atoms with van der Waals surface area (Å²) in [6.45, 7) is -0.318. The highest BCUT2D eigenvalue weighted by Gasteiger charge is 1.98. The van der Waals surface area contributed by atoms with Gasteiger partial charge in [-0.15, -0.1) is 4.91 Å². The van der Waals surface area contributed by atoms with E-state index in [1.807, 2.05) is 10.6 Å². The SMILES string of the molecule is NC(=O)CNC(=O)NN=O. The predicted octanol–water partition coefficient (Wildman–Crippen LogP) is -1.55. The minimum absolute atomic E-state index is 0.318. The molecule has 4 N–H and O–H groups in total. The van der Waals surface area contributed by atoms with Crippen molar-refractivity contribution in [2.24, 2.45) is 11.0 Å². The van der Waals surface area contributed by atoms with Crippen molar-refractivity contribution in [3.63, 3.8) is 0 Å². The number of carbonyl (C=O) groups is 2. The summed E-state index contributed by atoms with van der Waals surface area (Å²) in [5, 5.41) is 4.01. The summed E-state index contributed by atoms with van der Waals surface area (Å²) >= 11 is 0. The molecule has 0 saturated heterocycles. The number of amides is 3. The molecule has 0 heterocycles. The predicted molar refractivity (Wildman–Crippen MR) is 31.5 cm³/mol. The highest BCUT2D eigenvalue weighted by molar-refractivity contribution is 5.82. The molecule has 0 fully saturated rings. The van der Waals surface area contributed by atoms with E-state index in [9.17, 15) is 14.5 Å². The number of hydrogen-bond donors (Lipinski definition) is 3. The molecule has 7 nitrogen and oxygen atoms in total. The lowest BCUT2D eigenvalue weighted by Crippen LogP contribution is -2.38. The number of rotatable bonds is 3. The fourth-order valence-electron chi connectivity index (χ4n) is 0.248. The zero-order chi connectivity index (χ0) is 7.98. The summed E-state index contributed by atoms with van der Waals surface area (Å²) in [4.78, 5) is 29.5. The number of hydrogen-bond acceptors (Lipinski definition) is 4. The van der Waals surface area contributed by atoms with Crippen LogP contribution < -0.4 is 16.5 Å². The van der Waals surface area contributed by atoms with Gasteiger partial charge in [0, 0.05) is 0 Å². The van der Waals surface area contributed by atoms with Gasteiger partial charge in [0.05, 0.1) is 11.8 Å². The molecule has 3 amide bonds. The van der Waals surface area contributed by atoms with Crippen molar-refractivity contribution in [3.05, 3.63) is 4.91 Å². The van der Waals surface area contributed by atoms with Gasteiger partial charge in [-0.25, -0.2) is 4.79 Å².